The van der Waals surface area contributed by atoms with Gasteiger partial charge >= 0.3 is 0 Å². The van der Waals surface area contributed by atoms with Gasteiger partial charge in [-0.15, -0.1) is 0 Å². The second-order valence-corrected chi connectivity index (χ2v) is 6.01. The van der Waals surface area contributed by atoms with Crippen LogP contribution in [0.2, 0.25) is 0 Å². The number of carbonyl (C=O) groups is 1. The molecule has 6 nitrogen and oxygen atoms in total. The SMILES string of the molecule is Cc1ccnn1-c1cccc(NC(=O)c2cncn2-c2ccc(F)cc2)c1. The molecule has 2 aromatic heterocycles. The van der Waals surface area contributed by atoms with Crippen LogP contribution < -0.4 is 5.32 Å². The maximum absolute atomic E-state index is 13.1. The summed E-state index contributed by atoms with van der Waals surface area (Å²) in [4.78, 5) is 16.8. The monoisotopic (exact) mass is 361 g/mol. The second-order valence-electron chi connectivity index (χ2n) is 6.01. The van der Waals surface area contributed by atoms with E-state index in [2.05, 4.69) is 15.4 Å². The van der Waals surface area contributed by atoms with Crippen molar-refractivity contribution < 1.29 is 9.18 Å². The van der Waals surface area contributed by atoms with E-state index >= 15 is 0 Å². The molecule has 0 aliphatic heterocycles. The Morgan fingerprint density at radius 3 is 2.63 bits per heavy atom. The van der Waals surface area contributed by atoms with Crippen LogP contribution in [0.3, 0.4) is 0 Å². The second kappa shape index (κ2) is 6.87. The number of amides is 1. The van der Waals surface area contributed by atoms with Crippen molar-refractivity contribution in [2.45, 2.75) is 6.92 Å². The Morgan fingerprint density at radius 1 is 1.07 bits per heavy atom. The highest BCUT2D eigenvalue weighted by Gasteiger charge is 2.14. The van der Waals surface area contributed by atoms with E-state index in [1.165, 1.54) is 24.7 Å². The Hall–Kier alpha value is -3.74. The van der Waals surface area contributed by atoms with E-state index in [4.69, 9.17) is 0 Å². The van der Waals surface area contributed by atoms with Crippen molar-refractivity contribution >= 4 is 11.6 Å². The molecular formula is C20H16FN5O. The minimum absolute atomic E-state index is 0.314. The van der Waals surface area contributed by atoms with E-state index in [1.54, 1.807) is 33.6 Å². The van der Waals surface area contributed by atoms with Crippen LogP contribution in [0.4, 0.5) is 10.1 Å². The molecule has 0 fully saturated rings. The Labute approximate surface area is 154 Å². The van der Waals surface area contributed by atoms with Gasteiger partial charge in [-0.2, -0.15) is 5.10 Å². The molecule has 0 aliphatic carbocycles. The van der Waals surface area contributed by atoms with Crippen molar-refractivity contribution in [1.29, 1.82) is 0 Å². The molecule has 2 heterocycles. The topological polar surface area (TPSA) is 64.7 Å². The summed E-state index contributed by atoms with van der Waals surface area (Å²) in [7, 11) is 0. The van der Waals surface area contributed by atoms with Gasteiger partial charge in [0.2, 0.25) is 0 Å². The Balaban J connectivity index is 1.60. The zero-order valence-corrected chi connectivity index (χ0v) is 14.5. The first-order valence-electron chi connectivity index (χ1n) is 8.32. The summed E-state index contributed by atoms with van der Waals surface area (Å²) in [6, 6.07) is 15.2. The van der Waals surface area contributed by atoms with Gasteiger partial charge < -0.3 is 5.32 Å². The molecule has 27 heavy (non-hydrogen) atoms. The van der Waals surface area contributed by atoms with Gasteiger partial charge in [-0.3, -0.25) is 9.36 Å². The molecule has 4 rings (SSSR count). The maximum Gasteiger partial charge on any atom is 0.274 e. The van der Waals surface area contributed by atoms with E-state index in [0.29, 0.717) is 17.1 Å². The molecule has 0 bridgehead atoms. The number of carbonyl (C=O) groups excluding carboxylic acids is 1. The highest BCUT2D eigenvalue weighted by Crippen LogP contribution is 2.18. The number of hydrogen-bond acceptors (Lipinski definition) is 3. The predicted octanol–water partition coefficient (Wildman–Crippen LogP) is 3.76. The molecule has 7 heteroatoms. The number of imidazole rings is 1. The number of rotatable bonds is 4. The molecular weight excluding hydrogens is 345 g/mol. The summed E-state index contributed by atoms with van der Waals surface area (Å²) in [5.41, 5.74) is 3.48. The van der Waals surface area contributed by atoms with Gasteiger partial charge in [0.1, 0.15) is 11.5 Å². The number of halogens is 1. The first-order chi connectivity index (χ1) is 13.1. The highest BCUT2D eigenvalue weighted by molar-refractivity contribution is 6.03. The van der Waals surface area contributed by atoms with E-state index in [1.807, 2.05) is 31.2 Å². The van der Waals surface area contributed by atoms with Crippen LogP contribution in [0.25, 0.3) is 11.4 Å². The number of nitrogens with one attached hydrogen (secondary N) is 1. The fraction of sp³-hybridized carbons (Fsp3) is 0.0500. The first-order valence-corrected chi connectivity index (χ1v) is 8.32. The van der Waals surface area contributed by atoms with Crippen molar-refractivity contribution in [3.63, 3.8) is 0 Å². The van der Waals surface area contributed by atoms with Gasteiger partial charge in [0.25, 0.3) is 5.91 Å². The summed E-state index contributed by atoms with van der Waals surface area (Å²) in [6.45, 7) is 1.96. The summed E-state index contributed by atoms with van der Waals surface area (Å²) < 4.78 is 16.5. The molecule has 0 atom stereocenters. The average molecular weight is 361 g/mol. The highest BCUT2D eigenvalue weighted by atomic mass is 19.1. The molecule has 1 N–H and O–H groups in total. The van der Waals surface area contributed by atoms with Crippen molar-refractivity contribution in [2.75, 3.05) is 5.32 Å². The smallest absolute Gasteiger partial charge is 0.274 e. The standard InChI is InChI=1S/C20H16FN5O/c1-14-9-10-23-26(14)18-4-2-3-16(11-18)24-20(27)19-12-22-13-25(19)17-7-5-15(21)6-8-17/h2-13H,1H3,(H,24,27). The Morgan fingerprint density at radius 2 is 1.89 bits per heavy atom. The Bertz CT molecular complexity index is 1100. The summed E-state index contributed by atoms with van der Waals surface area (Å²) in [5, 5.41) is 7.15. The van der Waals surface area contributed by atoms with E-state index in [0.717, 1.165) is 11.4 Å². The van der Waals surface area contributed by atoms with Gasteiger partial charge in [0.05, 0.1) is 18.2 Å². The fourth-order valence-corrected chi connectivity index (χ4v) is 2.82. The summed E-state index contributed by atoms with van der Waals surface area (Å²) >= 11 is 0. The third-order valence-corrected chi connectivity index (χ3v) is 4.16. The van der Waals surface area contributed by atoms with E-state index in [-0.39, 0.29) is 11.7 Å². The van der Waals surface area contributed by atoms with Crippen molar-refractivity contribution in [3.05, 3.63) is 90.5 Å². The maximum atomic E-state index is 13.1. The number of nitrogens with zero attached hydrogens (tertiary/aromatic N) is 4. The molecule has 1 amide bonds. The van der Waals surface area contributed by atoms with Crippen molar-refractivity contribution in [1.82, 2.24) is 19.3 Å². The van der Waals surface area contributed by atoms with Crippen molar-refractivity contribution in [2.24, 2.45) is 0 Å². The lowest BCUT2D eigenvalue weighted by atomic mass is 10.2. The number of aromatic nitrogens is 4. The lowest BCUT2D eigenvalue weighted by Crippen LogP contribution is -2.16. The third kappa shape index (κ3) is 3.35. The van der Waals surface area contributed by atoms with Crippen molar-refractivity contribution in [3.8, 4) is 11.4 Å². The number of anilines is 1. The minimum atomic E-state index is -0.337. The van der Waals surface area contributed by atoms with Crippen LogP contribution in [0, 0.1) is 12.7 Å². The molecule has 0 aliphatic rings. The lowest BCUT2D eigenvalue weighted by Gasteiger charge is -2.10. The van der Waals surface area contributed by atoms with Gasteiger partial charge in [0.15, 0.2) is 0 Å². The molecule has 2 aromatic carbocycles. The lowest BCUT2D eigenvalue weighted by molar-refractivity contribution is 0.102. The largest absolute Gasteiger partial charge is 0.321 e. The van der Waals surface area contributed by atoms with Gasteiger partial charge in [-0.1, -0.05) is 6.07 Å². The first kappa shape index (κ1) is 16.7. The minimum Gasteiger partial charge on any atom is -0.321 e. The summed E-state index contributed by atoms with van der Waals surface area (Å²) in [6.07, 6.45) is 4.72. The van der Waals surface area contributed by atoms with E-state index in [9.17, 15) is 9.18 Å². The Kier molecular flexibility index (Phi) is 4.25. The van der Waals surface area contributed by atoms with Gasteiger partial charge in [0, 0.05) is 23.3 Å². The molecule has 4 aromatic rings. The zero-order valence-electron chi connectivity index (χ0n) is 14.5. The van der Waals surface area contributed by atoms with Crippen LogP contribution in [0.1, 0.15) is 16.2 Å². The van der Waals surface area contributed by atoms with Gasteiger partial charge in [-0.05, 0) is 55.5 Å². The number of benzene rings is 2. The van der Waals surface area contributed by atoms with Crippen LogP contribution in [0.15, 0.2) is 73.3 Å². The van der Waals surface area contributed by atoms with E-state index < -0.39 is 0 Å². The molecule has 0 radical (unpaired) electrons. The van der Waals surface area contributed by atoms with Gasteiger partial charge in [-0.25, -0.2) is 14.1 Å². The van der Waals surface area contributed by atoms with Crippen LogP contribution in [-0.4, -0.2) is 25.2 Å². The molecule has 0 spiro atoms. The summed E-state index contributed by atoms with van der Waals surface area (Å²) in [5.74, 6) is -0.651. The normalized spacial score (nSPS) is 10.7. The number of hydrogen-bond donors (Lipinski definition) is 1. The molecule has 0 saturated heterocycles. The predicted molar refractivity (Wildman–Crippen MR) is 99.8 cm³/mol. The zero-order chi connectivity index (χ0) is 18.8. The van der Waals surface area contributed by atoms with Crippen LogP contribution >= 0.6 is 0 Å². The number of aryl methyl sites for hydroxylation is 1. The average Bonchev–Trinajstić information content (AvgIpc) is 3.31. The van der Waals surface area contributed by atoms with Crippen LogP contribution in [0.5, 0.6) is 0 Å². The molecule has 0 saturated carbocycles. The molecule has 134 valence electrons. The van der Waals surface area contributed by atoms with Crippen LogP contribution in [-0.2, 0) is 0 Å². The molecule has 0 unspecified atom stereocenters. The quantitative estimate of drug-likeness (QED) is 0.602. The fourth-order valence-electron chi connectivity index (χ4n) is 2.82. The third-order valence-electron chi connectivity index (χ3n) is 4.16.